The Morgan fingerprint density at radius 2 is 1.48 bits per heavy atom. The van der Waals surface area contributed by atoms with Crippen LogP contribution in [0.25, 0.3) is 0 Å². The van der Waals surface area contributed by atoms with Gasteiger partial charge in [0.05, 0.1) is 19.1 Å². The van der Waals surface area contributed by atoms with E-state index in [1.54, 1.807) is 36.4 Å². The van der Waals surface area contributed by atoms with Crippen molar-refractivity contribution in [3.63, 3.8) is 0 Å². The molecule has 0 radical (unpaired) electrons. The lowest BCUT2D eigenvalue weighted by Crippen LogP contribution is -2.16. The van der Waals surface area contributed by atoms with E-state index in [2.05, 4.69) is 15.4 Å². The van der Waals surface area contributed by atoms with Gasteiger partial charge in [-0.2, -0.15) is 0 Å². The molecule has 0 spiro atoms. The predicted octanol–water partition coefficient (Wildman–Crippen LogP) is 2.62. The quantitative estimate of drug-likeness (QED) is 0.489. The summed E-state index contributed by atoms with van der Waals surface area (Å²) in [6.07, 6.45) is 1.05. The Morgan fingerprint density at radius 3 is 2.03 bits per heavy atom. The number of anilines is 2. The first-order chi connectivity index (χ1) is 13.8. The molecule has 29 heavy (non-hydrogen) atoms. The van der Waals surface area contributed by atoms with E-state index in [0.717, 1.165) is 6.08 Å². The molecule has 0 aromatic heterocycles. The minimum absolute atomic E-state index is 0.103. The summed E-state index contributed by atoms with van der Waals surface area (Å²) in [6, 6.07) is 12.5. The lowest BCUT2D eigenvalue weighted by atomic mass is 10.1. The number of carbonyl (C=O) groups excluding carboxylic acids is 3. The Balaban J connectivity index is 1.95. The molecule has 0 saturated heterocycles. The van der Waals surface area contributed by atoms with Crippen LogP contribution in [0.1, 0.15) is 22.8 Å². The summed E-state index contributed by atoms with van der Waals surface area (Å²) in [5.41, 5.74) is 2.09. The van der Waals surface area contributed by atoms with E-state index in [9.17, 15) is 19.2 Å². The molecule has 0 aliphatic heterocycles. The van der Waals surface area contributed by atoms with Gasteiger partial charge in [-0.05, 0) is 48.9 Å². The van der Waals surface area contributed by atoms with Crippen molar-refractivity contribution in [3.05, 3.63) is 71.3 Å². The van der Waals surface area contributed by atoms with Gasteiger partial charge in [-0.15, -0.1) is 0 Å². The fourth-order valence-electron chi connectivity index (χ4n) is 2.36. The highest BCUT2D eigenvalue weighted by molar-refractivity contribution is 6.10. The predicted molar refractivity (Wildman–Crippen MR) is 107 cm³/mol. The Hall–Kier alpha value is -3.94. The summed E-state index contributed by atoms with van der Waals surface area (Å²) >= 11 is 0. The molecule has 2 rings (SSSR count). The molecular formula is C21H20N2O6. The summed E-state index contributed by atoms with van der Waals surface area (Å²) in [5.74, 6) is -2.38. The Morgan fingerprint density at radius 1 is 0.931 bits per heavy atom. The van der Waals surface area contributed by atoms with E-state index in [1.165, 1.54) is 26.2 Å². The molecule has 0 saturated carbocycles. The Bertz CT molecular complexity index is 946. The normalized spacial score (nSPS) is 10.8. The summed E-state index contributed by atoms with van der Waals surface area (Å²) in [4.78, 5) is 46.4. The van der Waals surface area contributed by atoms with Crippen LogP contribution in [-0.4, -0.2) is 36.0 Å². The number of hydrogen-bond donors (Lipinski definition) is 3. The average Bonchev–Trinajstić information content (AvgIpc) is 2.69. The molecule has 0 fully saturated rings. The SMILES string of the molecule is COC(=O)c1ccc(NC(=O)/C(C)=C/C(=O)Nc2ccc(CC(=O)O)cc2)cc1. The van der Waals surface area contributed by atoms with Gasteiger partial charge in [-0.3, -0.25) is 14.4 Å². The number of amides is 2. The van der Waals surface area contributed by atoms with Gasteiger partial charge in [0.2, 0.25) is 5.91 Å². The van der Waals surface area contributed by atoms with Crippen LogP contribution in [0.3, 0.4) is 0 Å². The summed E-state index contributed by atoms with van der Waals surface area (Å²) in [7, 11) is 1.28. The third-order valence-corrected chi connectivity index (χ3v) is 3.85. The first kappa shape index (κ1) is 21.4. The number of carbonyl (C=O) groups is 4. The number of ether oxygens (including phenoxy) is 1. The van der Waals surface area contributed by atoms with Crippen LogP contribution in [0, 0.1) is 0 Å². The van der Waals surface area contributed by atoms with E-state index in [1.807, 2.05) is 0 Å². The van der Waals surface area contributed by atoms with Gasteiger partial charge in [0.15, 0.2) is 0 Å². The summed E-state index contributed by atoms with van der Waals surface area (Å²) in [6.45, 7) is 1.49. The molecule has 2 aromatic carbocycles. The Labute approximate surface area is 167 Å². The van der Waals surface area contributed by atoms with Gasteiger partial charge in [0.1, 0.15) is 0 Å². The molecular weight excluding hydrogens is 376 g/mol. The van der Waals surface area contributed by atoms with Crippen LogP contribution >= 0.6 is 0 Å². The van der Waals surface area contributed by atoms with E-state index >= 15 is 0 Å². The molecule has 0 unspecified atom stereocenters. The van der Waals surface area contributed by atoms with Crippen molar-refractivity contribution in [3.8, 4) is 0 Å². The third-order valence-electron chi connectivity index (χ3n) is 3.85. The first-order valence-electron chi connectivity index (χ1n) is 8.58. The second-order valence-electron chi connectivity index (χ2n) is 6.11. The van der Waals surface area contributed by atoms with E-state index in [4.69, 9.17) is 5.11 Å². The molecule has 0 atom stereocenters. The number of esters is 1. The van der Waals surface area contributed by atoms with Crippen LogP contribution in [0.4, 0.5) is 11.4 Å². The second-order valence-corrected chi connectivity index (χ2v) is 6.11. The topological polar surface area (TPSA) is 122 Å². The molecule has 3 N–H and O–H groups in total. The molecule has 0 bridgehead atoms. The van der Waals surface area contributed by atoms with Crippen molar-refractivity contribution in [2.24, 2.45) is 0 Å². The van der Waals surface area contributed by atoms with Crippen molar-refractivity contribution < 1.29 is 29.0 Å². The molecule has 2 amide bonds. The molecule has 0 aliphatic carbocycles. The van der Waals surface area contributed by atoms with Gasteiger partial charge in [-0.1, -0.05) is 12.1 Å². The molecule has 0 aliphatic rings. The van der Waals surface area contributed by atoms with Crippen LogP contribution in [0.15, 0.2) is 60.2 Å². The van der Waals surface area contributed by atoms with E-state index in [0.29, 0.717) is 22.5 Å². The maximum atomic E-state index is 12.2. The highest BCUT2D eigenvalue weighted by Gasteiger charge is 2.09. The minimum Gasteiger partial charge on any atom is -0.481 e. The number of nitrogens with one attached hydrogen (secondary N) is 2. The maximum Gasteiger partial charge on any atom is 0.337 e. The minimum atomic E-state index is -0.939. The summed E-state index contributed by atoms with van der Waals surface area (Å²) in [5, 5.41) is 14.0. The third kappa shape index (κ3) is 6.62. The van der Waals surface area contributed by atoms with Crippen molar-refractivity contribution in [1.82, 2.24) is 0 Å². The van der Waals surface area contributed by atoms with Crippen molar-refractivity contribution in [1.29, 1.82) is 0 Å². The number of carboxylic acids is 1. The average molecular weight is 396 g/mol. The number of rotatable bonds is 7. The maximum absolute atomic E-state index is 12.2. The van der Waals surface area contributed by atoms with Crippen molar-refractivity contribution >= 4 is 35.1 Å². The first-order valence-corrected chi connectivity index (χ1v) is 8.58. The molecule has 0 heterocycles. The fraction of sp³-hybridized carbons (Fsp3) is 0.143. The number of methoxy groups -OCH3 is 1. The van der Waals surface area contributed by atoms with Gasteiger partial charge < -0.3 is 20.5 Å². The van der Waals surface area contributed by atoms with Crippen molar-refractivity contribution in [2.75, 3.05) is 17.7 Å². The van der Waals surface area contributed by atoms with Gasteiger partial charge in [0, 0.05) is 23.0 Å². The number of hydrogen-bond acceptors (Lipinski definition) is 5. The molecule has 2 aromatic rings. The van der Waals surface area contributed by atoms with Crippen molar-refractivity contribution in [2.45, 2.75) is 13.3 Å². The van der Waals surface area contributed by atoms with E-state index < -0.39 is 23.8 Å². The van der Waals surface area contributed by atoms with Gasteiger partial charge in [0.25, 0.3) is 5.91 Å². The lowest BCUT2D eigenvalue weighted by molar-refractivity contribution is -0.136. The number of carboxylic acid groups (broad SMARTS) is 1. The second kappa shape index (κ2) is 9.84. The zero-order valence-corrected chi connectivity index (χ0v) is 15.9. The molecule has 8 heteroatoms. The molecule has 8 nitrogen and oxygen atoms in total. The zero-order chi connectivity index (χ0) is 21.4. The van der Waals surface area contributed by atoms with Gasteiger partial charge >= 0.3 is 11.9 Å². The van der Waals surface area contributed by atoms with Crippen LogP contribution in [0.5, 0.6) is 0 Å². The van der Waals surface area contributed by atoms with Crippen LogP contribution < -0.4 is 10.6 Å². The van der Waals surface area contributed by atoms with Crippen LogP contribution in [0.2, 0.25) is 0 Å². The largest absolute Gasteiger partial charge is 0.481 e. The monoisotopic (exact) mass is 396 g/mol. The number of benzene rings is 2. The molecule has 150 valence electrons. The highest BCUT2D eigenvalue weighted by Crippen LogP contribution is 2.13. The smallest absolute Gasteiger partial charge is 0.337 e. The van der Waals surface area contributed by atoms with Gasteiger partial charge in [-0.25, -0.2) is 4.79 Å². The Kier molecular flexibility index (Phi) is 7.25. The fourth-order valence-corrected chi connectivity index (χ4v) is 2.36. The lowest BCUT2D eigenvalue weighted by Gasteiger charge is -2.07. The zero-order valence-electron chi connectivity index (χ0n) is 15.9. The van der Waals surface area contributed by atoms with Crippen LogP contribution in [-0.2, 0) is 25.5 Å². The summed E-state index contributed by atoms with van der Waals surface area (Å²) < 4.78 is 4.61. The number of aliphatic carboxylic acids is 1. The van der Waals surface area contributed by atoms with E-state index in [-0.39, 0.29) is 12.0 Å². The standard InChI is InChI=1S/C21H20N2O6/c1-13(20(27)23-17-9-5-15(6-10-17)21(28)29-2)11-18(24)22-16-7-3-14(4-8-16)12-19(25)26/h3-11H,12H2,1-2H3,(H,22,24)(H,23,27)(H,25,26)/b13-11+. The highest BCUT2D eigenvalue weighted by atomic mass is 16.5.